The molecular formula is C15H18ClNO. The zero-order valence-corrected chi connectivity index (χ0v) is 11.1. The molecule has 0 radical (unpaired) electrons. The van der Waals surface area contributed by atoms with Crippen LogP contribution in [0.5, 0.6) is 0 Å². The molecule has 0 spiro atoms. The van der Waals surface area contributed by atoms with Crippen molar-refractivity contribution in [2.24, 2.45) is 11.8 Å². The standard InChI is InChI=1S/C15H18ClNO/c16-13-3-1-2-10(7-13)9-15(18)17-14-8-11-4-5-12(14)6-11/h1-3,7,11-12,14H,4-6,8-9H2,(H,17,18)/t11-,12-,14-/m1/s1. The summed E-state index contributed by atoms with van der Waals surface area (Å²) in [6.07, 6.45) is 5.61. The van der Waals surface area contributed by atoms with Crippen molar-refractivity contribution < 1.29 is 4.79 Å². The lowest BCUT2D eigenvalue weighted by Gasteiger charge is -2.22. The van der Waals surface area contributed by atoms with E-state index in [4.69, 9.17) is 11.6 Å². The molecule has 2 fully saturated rings. The van der Waals surface area contributed by atoms with E-state index in [0.717, 1.165) is 17.4 Å². The first kappa shape index (κ1) is 12.0. The maximum Gasteiger partial charge on any atom is 0.224 e. The summed E-state index contributed by atoms with van der Waals surface area (Å²) >= 11 is 5.92. The van der Waals surface area contributed by atoms with E-state index in [-0.39, 0.29) is 5.91 Å². The van der Waals surface area contributed by atoms with Gasteiger partial charge in [-0.1, -0.05) is 30.2 Å². The minimum absolute atomic E-state index is 0.134. The van der Waals surface area contributed by atoms with Gasteiger partial charge in [-0.15, -0.1) is 0 Å². The van der Waals surface area contributed by atoms with Gasteiger partial charge in [-0.25, -0.2) is 0 Å². The van der Waals surface area contributed by atoms with Gasteiger partial charge in [-0.05, 0) is 48.8 Å². The second-order valence-corrected chi connectivity index (χ2v) is 6.09. The lowest BCUT2D eigenvalue weighted by Crippen LogP contribution is -2.39. The van der Waals surface area contributed by atoms with Gasteiger partial charge in [-0.2, -0.15) is 0 Å². The quantitative estimate of drug-likeness (QED) is 0.892. The largest absolute Gasteiger partial charge is 0.353 e. The van der Waals surface area contributed by atoms with Crippen LogP contribution < -0.4 is 5.32 Å². The third-order valence-electron chi connectivity index (χ3n) is 4.34. The number of hydrogen-bond acceptors (Lipinski definition) is 1. The Hall–Kier alpha value is -1.02. The van der Waals surface area contributed by atoms with Gasteiger partial charge in [-0.3, -0.25) is 4.79 Å². The summed E-state index contributed by atoms with van der Waals surface area (Å²) in [7, 11) is 0. The lowest BCUT2D eigenvalue weighted by molar-refractivity contribution is -0.121. The van der Waals surface area contributed by atoms with E-state index in [1.807, 2.05) is 24.3 Å². The Labute approximate surface area is 113 Å². The Morgan fingerprint density at radius 3 is 2.89 bits per heavy atom. The maximum absolute atomic E-state index is 12.0. The SMILES string of the molecule is O=C(Cc1cccc(Cl)c1)N[C@@H]1C[C@@H]2CC[C@@H]1C2. The highest BCUT2D eigenvalue weighted by Gasteiger charge is 2.39. The molecule has 1 aromatic carbocycles. The van der Waals surface area contributed by atoms with Gasteiger partial charge < -0.3 is 5.32 Å². The molecule has 3 atom stereocenters. The Morgan fingerprint density at radius 2 is 2.22 bits per heavy atom. The van der Waals surface area contributed by atoms with Crippen LogP contribution in [-0.4, -0.2) is 11.9 Å². The van der Waals surface area contributed by atoms with E-state index in [1.54, 1.807) is 0 Å². The van der Waals surface area contributed by atoms with E-state index in [2.05, 4.69) is 5.32 Å². The summed E-state index contributed by atoms with van der Waals surface area (Å²) in [4.78, 5) is 12.0. The molecule has 0 unspecified atom stereocenters. The average molecular weight is 264 g/mol. The van der Waals surface area contributed by atoms with Crippen LogP contribution in [0.4, 0.5) is 0 Å². The molecule has 18 heavy (non-hydrogen) atoms. The van der Waals surface area contributed by atoms with Crippen LogP contribution in [0.25, 0.3) is 0 Å². The molecule has 96 valence electrons. The topological polar surface area (TPSA) is 29.1 Å². The highest BCUT2D eigenvalue weighted by atomic mass is 35.5. The van der Waals surface area contributed by atoms with Gasteiger partial charge in [0, 0.05) is 11.1 Å². The van der Waals surface area contributed by atoms with Crippen molar-refractivity contribution in [1.82, 2.24) is 5.32 Å². The van der Waals surface area contributed by atoms with Crippen molar-refractivity contribution in [2.45, 2.75) is 38.1 Å². The van der Waals surface area contributed by atoms with Crippen LogP contribution in [0.1, 0.15) is 31.2 Å². The van der Waals surface area contributed by atoms with Crippen molar-refractivity contribution in [1.29, 1.82) is 0 Å². The third kappa shape index (κ3) is 2.54. The van der Waals surface area contributed by atoms with E-state index in [0.29, 0.717) is 17.5 Å². The minimum Gasteiger partial charge on any atom is -0.353 e. The van der Waals surface area contributed by atoms with Crippen molar-refractivity contribution in [2.75, 3.05) is 0 Å². The van der Waals surface area contributed by atoms with E-state index in [9.17, 15) is 4.79 Å². The van der Waals surface area contributed by atoms with E-state index in [1.165, 1.54) is 25.7 Å². The molecule has 2 aliphatic rings. The first-order chi connectivity index (χ1) is 8.70. The number of carbonyl (C=O) groups is 1. The molecule has 0 heterocycles. The molecular weight excluding hydrogens is 246 g/mol. The molecule has 2 saturated carbocycles. The Balaban J connectivity index is 1.56. The summed E-state index contributed by atoms with van der Waals surface area (Å²) in [6.45, 7) is 0. The van der Waals surface area contributed by atoms with Crippen LogP contribution in [0, 0.1) is 11.8 Å². The van der Waals surface area contributed by atoms with Gasteiger partial charge in [0.2, 0.25) is 5.91 Å². The zero-order valence-electron chi connectivity index (χ0n) is 10.4. The summed E-state index contributed by atoms with van der Waals surface area (Å²) in [5.74, 6) is 1.74. The highest BCUT2D eigenvalue weighted by Crippen LogP contribution is 2.44. The fourth-order valence-electron chi connectivity index (χ4n) is 3.51. The zero-order chi connectivity index (χ0) is 12.5. The van der Waals surface area contributed by atoms with Gasteiger partial charge >= 0.3 is 0 Å². The van der Waals surface area contributed by atoms with Gasteiger partial charge in [0.05, 0.1) is 6.42 Å². The predicted octanol–water partition coefficient (Wildman–Crippen LogP) is 3.19. The Kier molecular flexibility index (Phi) is 3.29. The highest BCUT2D eigenvalue weighted by molar-refractivity contribution is 6.30. The molecule has 0 aromatic heterocycles. The van der Waals surface area contributed by atoms with Crippen LogP contribution in [0.15, 0.2) is 24.3 Å². The summed E-state index contributed by atoms with van der Waals surface area (Å²) in [5, 5.41) is 3.89. The second kappa shape index (κ2) is 4.93. The Morgan fingerprint density at radius 1 is 1.33 bits per heavy atom. The van der Waals surface area contributed by atoms with Crippen molar-refractivity contribution in [3.05, 3.63) is 34.9 Å². The summed E-state index contributed by atoms with van der Waals surface area (Å²) in [6, 6.07) is 7.96. The van der Waals surface area contributed by atoms with Crippen LogP contribution in [-0.2, 0) is 11.2 Å². The normalized spacial score (nSPS) is 29.5. The van der Waals surface area contributed by atoms with E-state index >= 15 is 0 Å². The fraction of sp³-hybridized carbons (Fsp3) is 0.533. The molecule has 2 nitrogen and oxygen atoms in total. The number of benzene rings is 1. The first-order valence-corrected chi connectivity index (χ1v) is 7.12. The molecule has 1 N–H and O–H groups in total. The van der Waals surface area contributed by atoms with Crippen molar-refractivity contribution in [3.8, 4) is 0 Å². The van der Waals surface area contributed by atoms with Crippen LogP contribution >= 0.6 is 11.6 Å². The first-order valence-electron chi connectivity index (χ1n) is 6.74. The monoisotopic (exact) mass is 263 g/mol. The molecule has 2 aliphatic carbocycles. The lowest BCUT2D eigenvalue weighted by atomic mass is 9.95. The molecule has 1 aromatic rings. The minimum atomic E-state index is 0.134. The number of carbonyl (C=O) groups excluding carboxylic acids is 1. The molecule has 3 heteroatoms. The molecule has 3 rings (SSSR count). The van der Waals surface area contributed by atoms with Gasteiger partial charge in [0.1, 0.15) is 0 Å². The fourth-order valence-corrected chi connectivity index (χ4v) is 3.72. The summed E-state index contributed by atoms with van der Waals surface area (Å²) < 4.78 is 0. The van der Waals surface area contributed by atoms with Crippen LogP contribution in [0.3, 0.4) is 0 Å². The number of amides is 1. The number of hydrogen-bond donors (Lipinski definition) is 1. The number of nitrogens with one attached hydrogen (secondary N) is 1. The number of halogens is 1. The molecule has 0 saturated heterocycles. The number of fused-ring (bicyclic) bond motifs is 2. The van der Waals surface area contributed by atoms with Crippen molar-refractivity contribution >= 4 is 17.5 Å². The average Bonchev–Trinajstić information content (AvgIpc) is 2.90. The van der Waals surface area contributed by atoms with Gasteiger partial charge in [0.15, 0.2) is 0 Å². The second-order valence-electron chi connectivity index (χ2n) is 5.66. The number of rotatable bonds is 3. The Bertz CT molecular complexity index is 460. The third-order valence-corrected chi connectivity index (χ3v) is 4.57. The molecule has 0 aliphatic heterocycles. The summed E-state index contributed by atoms with van der Waals surface area (Å²) in [5.41, 5.74) is 0.989. The maximum atomic E-state index is 12.0. The molecule has 2 bridgehead atoms. The molecule has 1 amide bonds. The predicted molar refractivity (Wildman–Crippen MR) is 72.5 cm³/mol. The smallest absolute Gasteiger partial charge is 0.224 e. The van der Waals surface area contributed by atoms with E-state index < -0.39 is 0 Å². The van der Waals surface area contributed by atoms with Gasteiger partial charge in [0.25, 0.3) is 0 Å². The van der Waals surface area contributed by atoms with Crippen molar-refractivity contribution in [3.63, 3.8) is 0 Å². The van der Waals surface area contributed by atoms with Crippen LogP contribution in [0.2, 0.25) is 5.02 Å².